The monoisotopic (exact) mass is 756 g/mol. The number of ether oxygens (including phenoxy) is 3. The Morgan fingerprint density at radius 3 is 2.25 bits per heavy atom. The van der Waals surface area contributed by atoms with Crippen LogP contribution in [-0.2, 0) is 33.0 Å². The molecule has 0 radical (unpaired) electrons. The second-order valence-corrected chi connectivity index (χ2v) is 27.7. The molecule has 5 rings (SSSR count). The third-order valence-electron chi connectivity index (χ3n) is 8.33. The van der Waals surface area contributed by atoms with Crippen molar-refractivity contribution in [3.05, 3.63) is 72.2 Å². The molecule has 0 atom stereocenters. The number of nitrogens with zero attached hydrogens (tertiary/aromatic N) is 5. The van der Waals surface area contributed by atoms with Crippen LogP contribution in [-0.4, -0.2) is 69.2 Å². The number of nitrogens with one attached hydrogen (secondary N) is 1. The van der Waals surface area contributed by atoms with Gasteiger partial charge in [0.15, 0.2) is 16.5 Å². The Morgan fingerprint density at radius 2 is 1.59 bits per heavy atom. The van der Waals surface area contributed by atoms with Crippen LogP contribution in [0, 0.1) is 18.6 Å². The first kappa shape index (κ1) is 38.3. The summed E-state index contributed by atoms with van der Waals surface area (Å²) in [6.45, 7) is 17.4. The number of halogens is 2. The normalized spacial score (nSPS) is 12.5. The first-order chi connectivity index (χ1) is 24.0. The molecule has 0 amide bonds. The second-order valence-electron chi connectivity index (χ2n) is 14.8. The maximum absolute atomic E-state index is 16.3. The van der Waals surface area contributed by atoms with Gasteiger partial charge in [-0.2, -0.15) is 5.10 Å². The number of anilines is 1. The number of benzene rings is 2. The van der Waals surface area contributed by atoms with E-state index >= 15 is 4.39 Å². The molecule has 274 valence electrons. The average Bonchev–Trinajstić information content (AvgIpc) is 3.66. The zero-order chi connectivity index (χ0) is 37.1. The van der Waals surface area contributed by atoms with Gasteiger partial charge in [-0.1, -0.05) is 57.5 Å². The quantitative estimate of drug-likeness (QED) is 0.0795. The van der Waals surface area contributed by atoms with Crippen molar-refractivity contribution in [2.75, 3.05) is 25.0 Å². The second kappa shape index (κ2) is 15.3. The molecule has 0 unspecified atom stereocenters. The summed E-state index contributed by atoms with van der Waals surface area (Å²) in [6.07, 6.45) is 4.41. The van der Waals surface area contributed by atoms with Crippen LogP contribution in [0.2, 0.25) is 51.4 Å². The van der Waals surface area contributed by atoms with Gasteiger partial charge < -0.3 is 18.8 Å². The fourth-order valence-corrected chi connectivity index (χ4v) is 8.18. The van der Waals surface area contributed by atoms with Crippen LogP contribution in [0.1, 0.15) is 5.56 Å². The van der Waals surface area contributed by atoms with Crippen molar-refractivity contribution in [1.82, 2.24) is 24.3 Å². The van der Waals surface area contributed by atoms with Gasteiger partial charge in [-0.3, -0.25) is 4.72 Å². The fourth-order valence-electron chi connectivity index (χ4n) is 5.47. The number of aromatic nitrogens is 5. The van der Waals surface area contributed by atoms with Gasteiger partial charge in [0.1, 0.15) is 25.0 Å². The molecular weight excluding hydrogens is 711 g/mol. The molecule has 0 aliphatic rings. The third kappa shape index (κ3) is 9.10. The number of pyridine rings is 1. The van der Waals surface area contributed by atoms with Gasteiger partial charge in [-0.25, -0.2) is 31.8 Å². The Bertz CT molecular complexity index is 2130. The highest BCUT2D eigenvalue weighted by Crippen LogP contribution is 2.38. The van der Waals surface area contributed by atoms with Gasteiger partial charge in [0.05, 0.1) is 24.5 Å². The number of hydrogen-bond donors (Lipinski definition) is 1. The predicted molar refractivity (Wildman–Crippen MR) is 201 cm³/mol. The minimum Gasteiger partial charge on any atom is -0.480 e. The first-order valence-corrected chi connectivity index (χ1v) is 25.6. The van der Waals surface area contributed by atoms with E-state index in [1.165, 1.54) is 13.2 Å². The largest absolute Gasteiger partial charge is 0.480 e. The number of aryl methyl sites for hydroxylation is 1. The van der Waals surface area contributed by atoms with E-state index < -0.39 is 42.7 Å². The molecule has 3 heterocycles. The van der Waals surface area contributed by atoms with Gasteiger partial charge in [-0.15, -0.1) is 0 Å². The van der Waals surface area contributed by atoms with E-state index in [0.29, 0.717) is 42.6 Å². The van der Waals surface area contributed by atoms with Crippen LogP contribution in [0.15, 0.2) is 59.9 Å². The number of imidazole rings is 1. The van der Waals surface area contributed by atoms with Crippen molar-refractivity contribution < 1.29 is 31.4 Å². The maximum Gasteiger partial charge on any atom is 0.267 e. The van der Waals surface area contributed by atoms with Crippen molar-refractivity contribution in [2.45, 2.75) is 76.7 Å². The molecule has 0 saturated carbocycles. The van der Waals surface area contributed by atoms with Crippen molar-refractivity contribution in [3.8, 4) is 28.5 Å². The maximum atomic E-state index is 16.3. The summed E-state index contributed by atoms with van der Waals surface area (Å²) >= 11 is 0. The zero-order valence-electron chi connectivity index (χ0n) is 30.4. The summed E-state index contributed by atoms with van der Waals surface area (Å²) in [7, 11) is -5.87. The lowest BCUT2D eigenvalue weighted by molar-refractivity contribution is 0.0815. The van der Waals surface area contributed by atoms with E-state index in [-0.39, 0.29) is 23.9 Å². The highest BCUT2D eigenvalue weighted by molar-refractivity contribution is 7.92. The van der Waals surface area contributed by atoms with Gasteiger partial charge in [0.2, 0.25) is 5.88 Å². The Kier molecular flexibility index (Phi) is 11.5. The first-order valence-electron chi connectivity index (χ1n) is 16.7. The van der Waals surface area contributed by atoms with Crippen LogP contribution in [0.25, 0.3) is 33.5 Å². The molecule has 0 spiro atoms. The lowest BCUT2D eigenvalue weighted by atomic mass is 9.97. The van der Waals surface area contributed by atoms with Crippen molar-refractivity contribution in [3.63, 3.8) is 0 Å². The number of sulfonamides is 1. The zero-order valence-corrected chi connectivity index (χ0v) is 33.2. The summed E-state index contributed by atoms with van der Waals surface area (Å²) in [6, 6.07) is 10.8. The molecule has 51 heavy (non-hydrogen) atoms. The number of fused-ring (bicyclic) bond motifs is 1. The van der Waals surface area contributed by atoms with Gasteiger partial charge in [0, 0.05) is 58.8 Å². The van der Waals surface area contributed by atoms with Crippen LogP contribution in [0.3, 0.4) is 0 Å². The molecule has 0 fully saturated rings. The lowest BCUT2D eigenvalue weighted by Gasteiger charge is -2.16. The van der Waals surface area contributed by atoms with E-state index in [1.54, 1.807) is 29.1 Å². The minimum absolute atomic E-state index is 0.158. The topological polar surface area (TPSA) is 122 Å². The summed E-state index contributed by atoms with van der Waals surface area (Å²) in [5.74, 6) is -1.38. The average molecular weight is 757 g/mol. The Hall–Kier alpha value is -3.97. The molecule has 0 aliphatic carbocycles. The van der Waals surface area contributed by atoms with Crippen LogP contribution < -0.4 is 9.46 Å². The van der Waals surface area contributed by atoms with E-state index in [9.17, 15) is 12.8 Å². The van der Waals surface area contributed by atoms with Gasteiger partial charge in [0.25, 0.3) is 10.0 Å². The van der Waals surface area contributed by atoms with Crippen molar-refractivity contribution in [2.24, 2.45) is 0 Å². The van der Waals surface area contributed by atoms with Crippen LogP contribution in [0.4, 0.5) is 14.5 Å². The van der Waals surface area contributed by atoms with Crippen molar-refractivity contribution >= 4 is 42.8 Å². The van der Waals surface area contributed by atoms with Gasteiger partial charge >= 0.3 is 0 Å². The molecule has 1 N–H and O–H groups in total. The molecule has 16 heteroatoms. The van der Waals surface area contributed by atoms with E-state index in [2.05, 4.69) is 54.0 Å². The summed E-state index contributed by atoms with van der Waals surface area (Å²) < 4.78 is 80.0. The summed E-state index contributed by atoms with van der Waals surface area (Å²) in [5, 5.41) is 5.77. The molecule has 0 saturated heterocycles. The fraction of sp³-hybridized carbons (Fsp3) is 0.400. The molecular formula is C35H46F2N6O5SSi2. The molecule has 5 aromatic rings. The Morgan fingerprint density at radius 1 is 0.902 bits per heavy atom. The molecule has 3 aromatic heterocycles. The minimum atomic E-state index is -4.48. The van der Waals surface area contributed by atoms with E-state index in [1.807, 2.05) is 23.8 Å². The number of rotatable bonds is 16. The highest BCUT2D eigenvalue weighted by Gasteiger charge is 2.26. The van der Waals surface area contributed by atoms with Crippen LogP contribution >= 0.6 is 0 Å². The Balaban J connectivity index is 1.54. The highest BCUT2D eigenvalue weighted by atomic mass is 32.2. The molecule has 0 aliphatic heterocycles. The number of hydrogen-bond acceptors (Lipinski definition) is 8. The molecule has 11 nitrogen and oxygen atoms in total. The van der Waals surface area contributed by atoms with Crippen LogP contribution in [0.5, 0.6) is 5.88 Å². The third-order valence-corrected chi connectivity index (χ3v) is 13.1. The van der Waals surface area contributed by atoms with Gasteiger partial charge in [-0.05, 0) is 42.3 Å². The summed E-state index contributed by atoms with van der Waals surface area (Å²) in [5.41, 5.74) is 2.43. The molecule has 0 bridgehead atoms. The van der Waals surface area contributed by atoms with E-state index in [4.69, 9.17) is 19.3 Å². The van der Waals surface area contributed by atoms with E-state index in [0.717, 1.165) is 35.3 Å². The standard InChI is InChI=1S/C35H46F2N6O5SSi2/c1-24-26(27-10-9-11-29(31(27)37)41-49(44,45)30-20-25(36)21-39-35(30)46-2)12-13-28-32(40-43(33(24)28)23-48-17-19-51(6,7)8)34-38-14-15-42(34)22-47-16-18-50(3,4)5/h9-15,20-21,41H,16-19,22-23H2,1-8H3. The SMILES string of the molecule is COc1ncc(F)cc1S(=O)(=O)Nc1cccc(-c2ccc3c(-c4nccn4COCC[Si](C)(C)C)nn(COCC[Si](C)(C)C)c3c2C)c1F. The Labute approximate surface area is 300 Å². The summed E-state index contributed by atoms with van der Waals surface area (Å²) in [4.78, 5) is 7.77. The van der Waals surface area contributed by atoms with Crippen molar-refractivity contribution in [1.29, 1.82) is 0 Å². The molecule has 2 aromatic carbocycles. The number of methoxy groups -OCH3 is 1. The lowest BCUT2D eigenvalue weighted by Crippen LogP contribution is -2.22. The predicted octanol–water partition coefficient (Wildman–Crippen LogP) is 7.98. The smallest absolute Gasteiger partial charge is 0.267 e.